The molecular formula is C10H11ClN2. The maximum atomic E-state index is 8.85. The van der Waals surface area contributed by atoms with Gasteiger partial charge >= 0.3 is 0 Å². The molecule has 0 saturated carbocycles. The molecule has 0 spiro atoms. The molecular weight excluding hydrogens is 184 g/mol. The van der Waals surface area contributed by atoms with Crippen molar-refractivity contribution >= 4 is 11.6 Å². The third-order valence-electron chi connectivity index (χ3n) is 2.04. The number of halogens is 1. The Kier molecular flexibility index (Phi) is 3.30. The Morgan fingerprint density at radius 3 is 2.77 bits per heavy atom. The van der Waals surface area contributed by atoms with Crippen LogP contribution in [0, 0.1) is 11.3 Å². The molecule has 3 heteroatoms. The molecule has 0 saturated heterocycles. The Bertz CT molecular complexity index is 341. The maximum Gasteiger partial charge on any atom is 0.0995 e. The highest BCUT2D eigenvalue weighted by Crippen LogP contribution is 2.20. The van der Waals surface area contributed by atoms with Crippen LogP contribution in [-0.2, 0) is 0 Å². The summed E-state index contributed by atoms with van der Waals surface area (Å²) in [6.45, 7) is 2.00. The van der Waals surface area contributed by atoms with Gasteiger partial charge in [0.25, 0.3) is 0 Å². The van der Waals surface area contributed by atoms with Gasteiger partial charge in [-0.1, -0.05) is 17.7 Å². The van der Waals surface area contributed by atoms with E-state index in [9.17, 15) is 0 Å². The van der Waals surface area contributed by atoms with Gasteiger partial charge in [-0.05, 0) is 31.7 Å². The van der Waals surface area contributed by atoms with Crippen molar-refractivity contribution in [2.75, 3.05) is 7.05 Å². The van der Waals surface area contributed by atoms with Gasteiger partial charge in [-0.3, -0.25) is 0 Å². The summed E-state index contributed by atoms with van der Waals surface area (Å²) in [5.41, 5.74) is 1.61. The highest BCUT2D eigenvalue weighted by atomic mass is 35.5. The molecule has 0 aliphatic heterocycles. The van der Waals surface area contributed by atoms with E-state index in [0.29, 0.717) is 10.6 Å². The standard InChI is InChI=1S/C10H11ClN2/c1-7(13-2)10-4-3-9(11)5-8(10)6-12/h3-5,7,13H,1-2H3. The molecule has 0 heterocycles. The summed E-state index contributed by atoms with van der Waals surface area (Å²) in [5.74, 6) is 0. The topological polar surface area (TPSA) is 35.8 Å². The number of benzene rings is 1. The van der Waals surface area contributed by atoms with Gasteiger partial charge in [0.15, 0.2) is 0 Å². The smallest absolute Gasteiger partial charge is 0.0995 e. The SMILES string of the molecule is CNC(C)c1ccc(Cl)cc1C#N. The van der Waals surface area contributed by atoms with Crippen LogP contribution in [0.15, 0.2) is 18.2 Å². The predicted octanol–water partition coefficient (Wildman–Crippen LogP) is 2.49. The lowest BCUT2D eigenvalue weighted by Gasteiger charge is -2.11. The second kappa shape index (κ2) is 4.27. The molecule has 68 valence electrons. The fourth-order valence-electron chi connectivity index (χ4n) is 1.16. The van der Waals surface area contributed by atoms with Crippen molar-refractivity contribution in [3.8, 4) is 6.07 Å². The van der Waals surface area contributed by atoms with Crippen LogP contribution in [0.4, 0.5) is 0 Å². The van der Waals surface area contributed by atoms with Gasteiger partial charge in [0.05, 0.1) is 11.6 Å². The zero-order valence-corrected chi connectivity index (χ0v) is 8.39. The number of nitriles is 1. The summed E-state index contributed by atoms with van der Waals surface area (Å²) in [6, 6.07) is 7.66. The lowest BCUT2D eigenvalue weighted by Crippen LogP contribution is -2.13. The van der Waals surface area contributed by atoms with Gasteiger partial charge < -0.3 is 5.32 Å². The van der Waals surface area contributed by atoms with Crippen LogP contribution in [-0.4, -0.2) is 7.05 Å². The first-order valence-electron chi connectivity index (χ1n) is 4.06. The summed E-state index contributed by atoms with van der Waals surface area (Å²) < 4.78 is 0. The van der Waals surface area contributed by atoms with Gasteiger partial charge in [-0.2, -0.15) is 5.26 Å². The highest BCUT2D eigenvalue weighted by Gasteiger charge is 2.08. The third-order valence-corrected chi connectivity index (χ3v) is 2.27. The molecule has 1 N–H and O–H groups in total. The molecule has 1 rings (SSSR count). The number of nitrogens with one attached hydrogen (secondary N) is 1. The van der Waals surface area contributed by atoms with E-state index in [1.807, 2.05) is 20.0 Å². The Morgan fingerprint density at radius 2 is 2.23 bits per heavy atom. The van der Waals surface area contributed by atoms with Crippen molar-refractivity contribution in [3.63, 3.8) is 0 Å². The van der Waals surface area contributed by atoms with Gasteiger partial charge in [0.1, 0.15) is 0 Å². The van der Waals surface area contributed by atoms with Crippen LogP contribution >= 0.6 is 11.6 Å². The van der Waals surface area contributed by atoms with Gasteiger partial charge in [-0.25, -0.2) is 0 Å². The quantitative estimate of drug-likeness (QED) is 0.785. The normalized spacial score (nSPS) is 12.2. The molecule has 0 bridgehead atoms. The zero-order chi connectivity index (χ0) is 9.84. The molecule has 0 fully saturated rings. The molecule has 0 radical (unpaired) electrons. The Labute approximate surface area is 83.1 Å². The number of nitrogens with zero attached hydrogens (tertiary/aromatic N) is 1. The second-order valence-corrected chi connectivity index (χ2v) is 3.29. The fourth-order valence-corrected chi connectivity index (χ4v) is 1.33. The van der Waals surface area contributed by atoms with Gasteiger partial charge in [-0.15, -0.1) is 0 Å². The van der Waals surface area contributed by atoms with Crippen LogP contribution in [0.1, 0.15) is 24.1 Å². The van der Waals surface area contributed by atoms with E-state index in [1.54, 1.807) is 12.1 Å². The Balaban J connectivity index is 3.15. The number of rotatable bonds is 2. The minimum absolute atomic E-state index is 0.173. The molecule has 0 aliphatic carbocycles. The average Bonchev–Trinajstić information content (AvgIpc) is 2.16. The lowest BCUT2D eigenvalue weighted by molar-refractivity contribution is 0.651. The molecule has 1 aromatic rings. The van der Waals surface area contributed by atoms with Crippen molar-refractivity contribution in [2.24, 2.45) is 0 Å². The van der Waals surface area contributed by atoms with Crippen molar-refractivity contribution in [3.05, 3.63) is 34.3 Å². The van der Waals surface area contributed by atoms with Crippen LogP contribution in [0.25, 0.3) is 0 Å². The minimum Gasteiger partial charge on any atom is -0.313 e. The minimum atomic E-state index is 0.173. The molecule has 0 aliphatic rings. The largest absolute Gasteiger partial charge is 0.313 e. The monoisotopic (exact) mass is 194 g/mol. The van der Waals surface area contributed by atoms with Crippen LogP contribution in [0.2, 0.25) is 5.02 Å². The van der Waals surface area contributed by atoms with E-state index in [4.69, 9.17) is 16.9 Å². The Hall–Kier alpha value is -1.04. The molecule has 13 heavy (non-hydrogen) atoms. The predicted molar refractivity (Wildman–Crippen MR) is 53.6 cm³/mol. The first-order chi connectivity index (χ1) is 6.19. The van der Waals surface area contributed by atoms with Gasteiger partial charge in [0.2, 0.25) is 0 Å². The summed E-state index contributed by atoms with van der Waals surface area (Å²) in [4.78, 5) is 0. The Morgan fingerprint density at radius 1 is 1.54 bits per heavy atom. The molecule has 0 aromatic heterocycles. The number of hydrogen-bond donors (Lipinski definition) is 1. The maximum absolute atomic E-state index is 8.85. The second-order valence-electron chi connectivity index (χ2n) is 2.85. The van der Waals surface area contributed by atoms with Crippen LogP contribution in [0.5, 0.6) is 0 Å². The molecule has 0 amide bonds. The van der Waals surface area contributed by atoms with Crippen molar-refractivity contribution in [1.29, 1.82) is 5.26 Å². The lowest BCUT2D eigenvalue weighted by atomic mass is 10.0. The summed E-state index contributed by atoms with van der Waals surface area (Å²) in [5, 5.41) is 12.5. The van der Waals surface area contributed by atoms with E-state index in [1.165, 1.54) is 0 Å². The van der Waals surface area contributed by atoms with E-state index in [2.05, 4.69) is 11.4 Å². The third kappa shape index (κ3) is 2.21. The summed E-state index contributed by atoms with van der Waals surface area (Å²) in [6.07, 6.45) is 0. The van der Waals surface area contributed by atoms with E-state index >= 15 is 0 Å². The summed E-state index contributed by atoms with van der Waals surface area (Å²) in [7, 11) is 1.86. The van der Waals surface area contributed by atoms with E-state index in [0.717, 1.165) is 5.56 Å². The molecule has 1 unspecified atom stereocenters. The van der Waals surface area contributed by atoms with Crippen LogP contribution in [0.3, 0.4) is 0 Å². The first kappa shape index (κ1) is 10.0. The highest BCUT2D eigenvalue weighted by molar-refractivity contribution is 6.30. The average molecular weight is 195 g/mol. The van der Waals surface area contributed by atoms with Crippen LogP contribution < -0.4 is 5.32 Å². The number of hydrogen-bond acceptors (Lipinski definition) is 2. The zero-order valence-electron chi connectivity index (χ0n) is 7.63. The van der Waals surface area contributed by atoms with Crippen molar-refractivity contribution in [1.82, 2.24) is 5.32 Å². The van der Waals surface area contributed by atoms with Crippen molar-refractivity contribution < 1.29 is 0 Å². The fraction of sp³-hybridized carbons (Fsp3) is 0.300. The molecule has 2 nitrogen and oxygen atoms in total. The van der Waals surface area contributed by atoms with Crippen molar-refractivity contribution in [2.45, 2.75) is 13.0 Å². The molecule has 1 atom stereocenters. The van der Waals surface area contributed by atoms with Gasteiger partial charge in [0, 0.05) is 11.1 Å². The van der Waals surface area contributed by atoms with E-state index < -0.39 is 0 Å². The van der Waals surface area contributed by atoms with E-state index in [-0.39, 0.29) is 6.04 Å². The molecule has 1 aromatic carbocycles. The first-order valence-corrected chi connectivity index (χ1v) is 4.43. The summed E-state index contributed by atoms with van der Waals surface area (Å²) >= 11 is 5.77.